The normalized spacial score (nSPS) is 25.3. The average Bonchev–Trinajstić information content (AvgIpc) is 3.86. The summed E-state index contributed by atoms with van der Waals surface area (Å²) < 4.78 is 20.4. The number of likely N-dealkylation sites (tertiary alicyclic amines) is 2. The van der Waals surface area contributed by atoms with E-state index >= 15 is 0 Å². The summed E-state index contributed by atoms with van der Waals surface area (Å²) in [6.45, 7) is 2.88. The molecule has 42 heavy (non-hydrogen) atoms. The van der Waals surface area contributed by atoms with Crippen molar-refractivity contribution in [3.8, 4) is 0 Å². The first-order chi connectivity index (χ1) is 20.4. The molecular formula is C26H36N8O8. The van der Waals surface area contributed by atoms with Crippen molar-refractivity contribution >= 4 is 23.8 Å². The Balaban J connectivity index is 0.000000196. The second-order valence-electron chi connectivity index (χ2n) is 10.6. The predicted molar refractivity (Wildman–Crippen MR) is 140 cm³/mol. The number of hydrogen-bond acceptors (Lipinski definition) is 14. The van der Waals surface area contributed by atoms with Gasteiger partial charge in [-0.15, -0.1) is 20.4 Å². The molecule has 0 bridgehead atoms. The zero-order valence-corrected chi connectivity index (χ0v) is 23.7. The maximum absolute atomic E-state index is 12.1. The molecule has 16 nitrogen and oxygen atoms in total. The first-order valence-electron chi connectivity index (χ1n) is 14.3. The van der Waals surface area contributed by atoms with Gasteiger partial charge in [0, 0.05) is 13.1 Å². The van der Waals surface area contributed by atoms with Gasteiger partial charge >= 0.3 is 23.8 Å². The Labute approximate surface area is 241 Å². The van der Waals surface area contributed by atoms with Crippen LogP contribution in [0, 0.1) is 0 Å². The van der Waals surface area contributed by atoms with Crippen LogP contribution in [0.5, 0.6) is 0 Å². The maximum atomic E-state index is 12.1. The minimum absolute atomic E-state index is 0.192. The summed E-state index contributed by atoms with van der Waals surface area (Å²) in [4.78, 5) is 50.0. The number of ether oxygens (including phenoxy) is 2. The first kappa shape index (κ1) is 29.6. The van der Waals surface area contributed by atoms with Gasteiger partial charge in [0.15, 0.2) is 0 Å². The molecule has 0 radical (unpaired) electrons. The molecule has 6 heterocycles. The summed E-state index contributed by atoms with van der Waals surface area (Å²) >= 11 is 0. The Kier molecular flexibility index (Phi) is 9.41. The Morgan fingerprint density at radius 1 is 0.643 bits per heavy atom. The van der Waals surface area contributed by atoms with E-state index in [9.17, 15) is 19.2 Å². The van der Waals surface area contributed by atoms with Crippen molar-refractivity contribution in [2.75, 3.05) is 40.4 Å². The highest BCUT2D eigenvalue weighted by atomic mass is 16.5. The number of carbonyl (C=O) groups excluding carboxylic acids is 4. The number of rotatable bonds is 4. The van der Waals surface area contributed by atoms with Gasteiger partial charge in [-0.05, 0) is 64.5 Å². The molecule has 2 aromatic heterocycles. The Bertz CT molecular complexity index is 1180. The van der Waals surface area contributed by atoms with Crippen LogP contribution >= 0.6 is 0 Å². The topological polar surface area (TPSA) is 195 Å². The minimum atomic E-state index is -0.952. The molecule has 0 spiro atoms. The third kappa shape index (κ3) is 6.28. The third-order valence-electron chi connectivity index (χ3n) is 7.95. The Morgan fingerprint density at radius 2 is 1.05 bits per heavy atom. The molecule has 2 amide bonds. The average molecular weight is 589 g/mol. The molecule has 2 N–H and O–H groups in total. The van der Waals surface area contributed by atoms with E-state index in [1.165, 1.54) is 22.6 Å². The van der Waals surface area contributed by atoms with Crippen molar-refractivity contribution in [1.82, 2.24) is 40.8 Å². The molecule has 4 saturated heterocycles. The molecule has 16 heteroatoms. The minimum Gasteiger partial charge on any atom is -0.462 e. The van der Waals surface area contributed by atoms with E-state index < -0.39 is 35.8 Å². The van der Waals surface area contributed by atoms with E-state index in [1.54, 1.807) is 0 Å². The van der Waals surface area contributed by atoms with Crippen LogP contribution in [0.4, 0.5) is 0 Å². The van der Waals surface area contributed by atoms with E-state index in [0.29, 0.717) is 38.8 Å². The highest BCUT2D eigenvalue weighted by molar-refractivity contribution is 6.32. The van der Waals surface area contributed by atoms with Gasteiger partial charge in [0.1, 0.15) is 12.1 Å². The molecule has 4 aliphatic rings. The first-order valence-corrected chi connectivity index (χ1v) is 14.3. The maximum Gasteiger partial charge on any atom is 0.396 e. The van der Waals surface area contributed by atoms with Crippen LogP contribution in [-0.4, -0.2) is 94.3 Å². The summed E-state index contributed by atoms with van der Waals surface area (Å²) in [6, 6.07) is -0.478. The molecule has 0 saturated carbocycles. The van der Waals surface area contributed by atoms with Crippen LogP contribution in [0.1, 0.15) is 99.1 Å². The standard InChI is InChI=1S/C16H20N4O7.C10H16N4O/c1-25-15(23)13(21)19-7-3-5-9(19)11-17-18-12(27-11)10-6-4-8-20(10)14(22)16(24)26-2;1-3-7(11-5-1)9-13-14-10(15-9)8-4-2-6-12-8/h9-10H,3-8H2,1-2H3;7-8,11-12H,1-6H2/t9-,10-;7-,8-/m00/s1. The second-order valence-corrected chi connectivity index (χ2v) is 10.6. The van der Waals surface area contributed by atoms with Crippen molar-refractivity contribution in [2.45, 2.75) is 75.5 Å². The molecule has 228 valence electrons. The van der Waals surface area contributed by atoms with Crippen LogP contribution in [0.25, 0.3) is 0 Å². The molecule has 2 aromatic rings. The van der Waals surface area contributed by atoms with Crippen LogP contribution in [0.3, 0.4) is 0 Å². The zero-order valence-electron chi connectivity index (χ0n) is 23.7. The molecule has 4 atom stereocenters. The van der Waals surface area contributed by atoms with Gasteiger partial charge in [0.25, 0.3) is 0 Å². The molecular weight excluding hydrogens is 552 g/mol. The number of nitrogens with zero attached hydrogens (tertiary/aromatic N) is 6. The summed E-state index contributed by atoms with van der Waals surface area (Å²) in [5.74, 6) is -1.52. The van der Waals surface area contributed by atoms with Gasteiger partial charge in [0.2, 0.25) is 23.6 Å². The summed E-state index contributed by atoms with van der Waals surface area (Å²) in [5, 5.41) is 23.0. The van der Waals surface area contributed by atoms with Gasteiger partial charge < -0.3 is 38.7 Å². The largest absolute Gasteiger partial charge is 0.462 e. The van der Waals surface area contributed by atoms with Crippen molar-refractivity contribution in [3.05, 3.63) is 23.6 Å². The number of carbonyl (C=O) groups is 4. The van der Waals surface area contributed by atoms with E-state index in [0.717, 1.165) is 51.9 Å². The van der Waals surface area contributed by atoms with Crippen LogP contribution in [-0.2, 0) is 28.7 Å². The highest BCUT2D eigenvalue weighted by Gasteiger charge is 2.40. The van der Waals surface area contributed by atoms with Crippen LogP contribution in [0.15, 0.2) is 8.83 Å². The van der Waals surface area contributed by atoms with Crippen molar-refractivity contribution in [2.24, 2.45) is 0 Å². The summed E-state index contributed by atoms with van der Waals surface area (Å²) in [6.07, 6.45) is 7.12. The number of nitrogens with one attached hydrogen (secondary N) is 2. The van der Waals surface area contributed by atoms with Crippen molar-refractivity contribution < 1.29 is 37.5 Å². The van der Waals surface area contributed by atoms with Gasteiger partial charge in [0.05, 0.1) is 26.3 Å². The van der Waals surface area contributed by atoms with Gasteiger partial charge in [-0.25, -0.2) is 9.59 Å². The molecule has 4 fully saturated rings. The fraction of sp³-hybridized carbons (Fsp3) is 0.692. The van der Waals surface area contributed by atoms with Crippen LogP contribution in [0.2, 0.25) is 0 Å². The van der Waals surface area contributed by atoms with E-state index in [-0.39, 0.29) is 23.9 Å². The fourth-order valence-corrected chi connectivity index (χ4v) is 5.78. The molecule has 4 aliphatic heterocycles. The lowest BCUT2D eigenvalue weighted by Crippen LogP contribution is -2.37. The Hall–Kier alpha value is -3.92. The van der Waals surface area contributed by atoms with Crippen molar-refractivity contribution in [3.63, 3.8) is 0 Å². The highest BCUT2D eigenvalue weighted by Crippen LogP contribution is 2.35. The number of esters is 2. The smallest absolute Gasteiger partial charge is 0.396 e. The summed E-state index contributed by atoms with van der Waals surface area (Å²) in [5.41, 5.74) is 0. The second kappa shape index (κ2) is 13.4. The zero-order chi connectivity index (χ0) is 29.6. The SMILES string of the molecule is C1CN[C@H](c2nnc([C@@H]3CCCN3)o2)C1.COC(=O)C(=O)N1CCC[C@H]1c1nnc([C@@H]2CCCN2C(=O)C(=O)OC)o1. The van der Waals surface area contributed by atoms with Gasteiger partial charge in [-0.3, -0.25) is 9.59 Å². The molecule has 0 aromatic carbocycles. The van der Waals surface area contributed by atoms with Gasteiger partial charge in [-0.1, -0.05) is 0 Å². The number of aromatic nitrogens is 4. The van der Waals surface area contributed by atoms with Crippen molar-refractivity contribution in [1.29, 1.82) is 0 Å². The quantitative estimate of drug-likeness (QED) is 0.373. The van der Waals surface area contributed by atoms with E-state index in [4.69, 9.17) is 8.83 Å². The van der Waals surface area contributed by atoms with E-state index in [1.807, 2.05) is 0 Å². The lowest BCUT2D eigenvalue weighted by Gasteiger charge is -2.21. The monoisotopic (exact) mass is 588 g/mol. The van der Waals surface area contributed by atoms with Gasteiger partial charge in [-0.2, -0.15) is 0 Å². The molecule has 0 aliphatic carbocycles. The number of amides is 2. The summed E-state index contributed by atoms with van der Waals surface area (Å²) in [7, 11) is 2.28. The predicted octanol–water partition coefficient (Wildman–Crippen LogP) is 0.661. The molecule has 6 rings (SSSR count). The lowest BCUT2D eigenvalue weighted by molar-refractivity contribution is -0.159. The van der Waals surface area contributed by atoms with Crippen LogP contribution < -0.4 is 10.6 Å². The lowest BCUT2D eigenvalue weighted by atomic mass is 10.2. The third-order valence-corrected chi connectivity index (χ3v) is 7.95. The molecule has 0 unspecified atom stereocenters. The number of hydrogen-bond donors (Lipinski definition) is 2. The van der Waals surface area contributed by atoms with E-state index in [2.05, 4.69) is 40.5 Å². The fourth-order valence-electron chi connectivity index (χ4n) is 5.78. The Morgan fingerprint density at radius 3 is 1.43 bits per heavy atom. The number of methoxy groups -OCH3 is 2.